The second-order valence-electron chi connectivity index (χ2n) is 5.83. The number of rotatable bonds is 11. The molecule has 0 spiro atoms. The molecular formula is C15H33N3O. The third kappa shape index (κ3) is 8.58. The smallest absolute Gasteiger partial charge is 0.0466 e. The molecule has 1 unspecified atom stereocenters. The Morgan fingerprint density at radius 1 is 1.32 bits per heavy atom. The number of nitrogens with zero attached hydrogens (tertiary/aromatic N) is 2. The van der Waals surface area contributed by atoms with E-state index in [0.717, 1.165) is 38.8 Å². The first-order chi connectivity index (χ1) is 9.22. The SMILES string of the molecule is CCOCCCCNCCN(C)CC1CCN(C)C1. The van der Waals surface area contributed by atoms with Crippen molar-refractivity contribution in [1.82, 2.24) is 15.1 Å². The fraction of sp³-hybridized carbons (Fsp3) is 1.00. The van der Waals surface area contributed by atoms with Gasteiger partial charge in [0.25, 0.3) is 0 Å². The molecular weight excluding hydrogens is 238 g/mol. The van der Waals surface area contributed by atoms with E-state index in [9.17, 15) is 0 Å². The number of ether oxygens (including phenoxy) is 1. The molecule has 0 aromatic carbocycles. The predicted molar refractivity (Wildman–Crippen MR) is 81.7 cm³/mol. The number of hydrogen-bond donors (Lipinski definition) is 1. The van der Waals surface area contributed by atoms with Crippen molar-refractivity contribution in [3.63, 3.8) is 0 Å². The van der Waals surface area contributed by atoms with Crippen molar-refractivity contribution in [2.24, 2.45) is 5.92 Å². The van der Waals surface area contributed by atoms with Crippen LogP contribution in [0, 0.1) is 5.92 Å². The van der Waals surface area contributed by atoms with Crippen LogP contribution >= 0.6 is 0 Å². The molecule has 0 saturated carbocycles. The molecule has 0 bridgehead atoms. The minimum Gasteiger partial charge on any atom is -0.382 e. The van der Waals surface area contributed by atoms with Gasteiger partial charge in [0, 0.05) is 39.4 Å². The zero-order valence-corrected chi connectivity index (χ0v) is 13.2. The van der Waals surface area contributed by atoms with E-state index in [-0.39, 0.29) is 0 Å². The van der Waals surface area contributed by atoms with Gasteiger partial charge >= 0.3 is 0 Å². The molecule has 0 radical (unpaired) electrons. The maximum absolute atomic E-state index is 5.32. The summed E-state index contributed by atoms with van der Waals surface area (Å²) in [6.45, 7) is 11.0. The molecule has 1 aliphatic rings. The van der Waals surface area contributed by atoms with Gasteiger partial charge in [-0.2, -0.15) is 0 Å². The predicted octanol–water partition coefficient (Wildman–Crippen LogP) is 1.28. The molecule has 0 aliphatic carbocycles. The largest absolute Gasteiger partial charge is 0.382 e. The van der Waals surface area contributed by atoms with Gasteiger partial charge in [0.05, 0.1) is 0 Å². The lowest BCUT2D eigenvalue weighted by atomic mass is 10.1. The summed E-state index contributed by atoms with van der Waals surface area (Å²) in [6, 6.07) is 0. The molecule has 1 fully saturated rings. The highest BCUT2D eigenvalue weighted by Crippen LogP contribution is 2.14. The summed E-state index contributed by atoms with van der Waals surface area (Å²) < 4.78 is 5.32. The average molecular weight is 271 g/mol. The lowest BCUT2D eigenvalue weighted by Gasteiger charge is -2.21. The number of nitrogens with one attached hydrogen (secondary N) is 1. The Bertz CT molecular complexity index is 214. The normalized spacial score (nSPS) is 20.5. The van der Waals surface area contributed by atoms with E-state index in [1.54, 1.807) is 0 Å². The third-order valence-electron chi connectivity index (χ3n) is 3.83. The molecule has 1 aliphatic heterocycles. The van der Waals surface area contributed by atoms with Crippen LogP contribution in [0.25, 0.3) is 0 Å². The van der Waals surface area contributed by atoms with Crippen LogP contribution in [0.3, 0.4) is 0 Å². The number of likely N-dealkylation sites (tertiary alicyclic amines) is 1. The minimum absolute atomic E-state index is 0.842. The maximum Gasteiger partial charge on any atom is 0.0466 e. The van der Waals surface area contributed by atoms with Crippen LogP contribution in [-0.4, -0.2) is 76.4 Å². The second kappa shape index (κ2) is 10.6. The number of likely N-dealkylation sites (N-methyl/N-ethyl adjacent to an activating group) is 1. The summed E-state index contributed by atoms with van der Waals surface area (Å²) in [5.74, 6) is 0.876. The fourth-order valence-electron chi connectivity index (χ4n) is 2.70. The first-order valence-corrected chi connectivity index (χ1v) is 7.88. The summed E-state index contributed by atoms with van der Waals surface area (Å²) in [5, 5.41) is 3.52. The average Bonchev–Trinajstić information content (AvgIpc) is 2.78. The van der Waals surface area contributed by atoms with Crippen molar-refractivity contribution in [2.75, 3.05) is 66.6 Å². The molecule has 1 saturated heterocycles. The second-order valence-corrected chi connectivity index (χ2v) is 5.83. The van der Waals surface area contributed by atoms with Crippen LogP contribution in [-0.2, 0) is 4.74 Å². The van der Waals surface area contributed by atoms with Gasteiger partial charge in [-0.3, -0.25) is 0 Å². The highest BCUT2D eigenvalue weighted by atomic mass is 16.5. The molecule has 0 aromatic heterocycles. The molecule has 1 rings (SSSR count). The molecule has 4 nitrogen and oxygen atoms in total. The van der Waals surface area contributed by atoms with Crippen molar-refractivity contribution in [1.29, 1.82) is 0 Å². The van der Waals surface area contributed by atoms with Gasteiger partial charge in [0.2, 0.25) is 0 Å². The van der Waals surface area contributed by atoms with E-state index < -0.39 is 0 Å². The van der Waals surface area contributed by atoms with Gasteiger partial charge in [0.15, 0.2) is 0 Å². The van der Waals surface area contributed by atoms with Gasteiger partial charge in [-0.1, -0.05) is 0 Å². The van der Waals surface area contributed by atoms with E-state index in [0.29, 0.717) is 0 Å². The van der Waals surface area contributed by atoms with Crippen molar-refractivity contribution in [2.45, 2.75) is 26.2 Å². The molecule has 19 heavy (non-hydrogen) atoms. The van der Waals surface area contributed by atoms with Gasteiger partial charge in [0.1, 0.15) is 0 Å². The first-order valence-electron chi connectivity index (χ1n) is 7.88. The Kier molecular flexibility index (Phi) is 9.43. The van der Waals surface area contributed by atoms with Crippen LogP contribution < -0.4 is 5.32 Å². The molecule has 0 amide bonds. The van der Waals surface area contributed by atoms with Crippen molar-refractivity contribution < 1.29 is 4.74 Å². The van der Waals surface area contributed by atoms with Crippen LogP contribution in [0.15, 0.2) is 0 Å². The van der Waals surface area contributed by atoms with E-state index in [2.05, 4.69) is 36.1 Å². The molecule has 4 heteroatoms. The fourth-order valence-corrected chi connectivity index (χ4v) is 2.70. The Labute approximate surface area is 119 Å². The van der Waals surface area contributed by atoms with E-state index in [4.69, 9.17) is 4.74 Å². The summed E-state index contributed by atoms with van der Waals surface area (Å²) in [5.41, 5.74) is 0. The molecule has 0 aromatic rings. The zero-order valence-electron chi connectivity index (χ0n) is 13.2. The maximum atomic E-state index is 5.32. The van der Waals surface area contributed by atoms with Gasteiger partial charge in [-0.05, 0) is 59.3 Å². The minimum atomic E-state index is 0.842. The standard InChI is InChI=1S/C15H33N3O/c1-4-19-12-6-5-8-16-9-11-18(3)14-15-7-10-17(2)13-15/h15-16H,4-14H2,1-3H3. The Balaban J connectivity index is 1.86. The summed E-state index contributed by atoms with van der Waals surface area (Å²) in [7, 11) is 4.47. The van der Waals surface area contributed by atoms with Gasteiger partial charge < -0.3 is 19.9 Å². The number of hydrogen-bond acceptors (Lipinski definition) is 4. The first kappa shape index (κ1) is 16.9. The van der Waals surface area contributed by atoms with Crippen LogP contribution in [0.2, 0.25) is 0 Å². The van der Waals surface area contributed by atoms with Crippen LogP contribution in [0.1, 0.15) is 26.2 Å². The Hall–Kier alpha value is -0.160. The number of unbranched alkanes of at least 4 members (excludes halogenated alkanes) is 1. The quantitative estimate of drug-likeness (QED) is 0.573. The lowest BCUT2D eigenvalue weighted by molar-refractivity contribution is 0.143. The Morgan fingerprint density at radius 3 is 2.84 bits per heavy atom. The van der Waals surface area contributed by atoms with Crippen LogP contribution in [0.4, 0.5) is 0 Å². The highest BCUT2D eigenvalue weighted by molar-refractivity contribution is 4.75. The van der Waals surface area contributed by atoms with Gasteiger partial charge in [-0.15, -0.1) is 0 Å². The molecule has 1 N–H and O–H groups in total. The third-order valence-corrected chi connectivity index (χ3v) is 3.83. The van der Waals surface area contributed by atoms with Crippen molar-refractivity contribution in [3.8, 4) is 0 Å². The monoisotopic (exact) mass is 271 g/mol. The van der Waals surface area contributed by atoms with Crippen molar-refractivity contribution >= 4 is 0 Å². The molecule has 1 heterocycles. The van der Waals surface area contributed by atoms with E-state index in [1.165, 1.54) is 38.9 Å². The summed E-state index contributed by atoms with van der Waals surface area (Å²) in [6.07, 6.45) is 3.76. The molecule has 114 valence electrons. The zero-order chi connectivity index (χ0) is 13.9. The Morgan fingerprint density at radius 2 is 2.16 bits per heavy atom. The summed E-state index contributed by atoms with van der Waals surface area (Å²) in [4.78, 5) is 4.91. The molecule has 1 atom stereocenters. The topological polar surface area (TPSA) is 27.7 Å². The van der Waals surface area contributed by atoms with Gasteiger partial charge in [-0.25, -0.2) is 0 Å². The van der Waals surface area contributed by atoms with Crippen LogP contribution in [0.5, 0.6) is 0 Å². The summed E-state index contributed by atoms with van der Waals surface area (Å²) >= 11 is 0. The highest BCUT2D eigenvalue weighted by Gasteiger charge is 2.20. The van der Waals surface area contributed by atoms with Crippen molar-refractivity contribution in [3.05, 3.63) is 0 Å². The van der Waals surface area contributed by atoms with E-state index in [1.807, 2.05) is 0 Å². The lowest BCUT2D eigenvalue weighted by Crippen LogP contribution is -2.33. The van der Waals surface area contributed by atoms with E-state index >= 15 is 0 Å².